The number of nitrogens with one attached hydrogen (secondary N) is 2. The largest absolute Gasteiger partial charge is 0.480 e. The van der Waals surface area contributed by atoms with E-state index in [0.29, 0.717) is 23.2 Å². The Morgan fingerprint density at radius 1 is 1.18 bits per heavy atom. The van der Waals surface area contributed by atoms with Crippen LogP contribution in [0, 0.1) is 0 Å². The van der Waals surface area contributed by atoms with E-state index >= 15 is 0 Å². The Bertz CT molecular complexity index is 574. The van der Waals surface area contributed by atoms with Gasteiger partial charge in [-0.15, -0.1) is 0 Å². The summed E-state index contributed by atoms with van der Waals surface area (Å²) in [5.74, 6) is -4.36. The van der Waals surface area contributed by atoms with E-state index in [4.69, 9.17) is 15.9 Å². The average molecular weight is 422 g/mol. The number of carboxylic acids is 2. The molecular weight excluding hydrogens is 396 g/mol. The summed E-state index contributed by atoms with van der Waals surface area (Å²) in [5, 5.41) is 31.1. The lowest BCUT2D eigenvalue weighted by molar-refractivity contribution is -0.139. The molecule has 0 bridgehead atoms. The molecule has 13 heteroatoms. The van der Waals surface area contributed by atoms with Gasteiger partial charge in [-0.05, 0) is 12.8 Å². The van der Waals surface area contributed by atoms with E-state index in [-0.39, 0.29) is 25.1 Å². The van der Waals surface area contributed by atoms with Gasteiger partial charge in [0.25, 0.3) is 0 Å². The molecule has 160 valence electrons. The second-order valence-electron chi connectivity index (χ2n) is 5.77. The smallest absolute Gasteiger partial charge is 0.322 e. The molecule has 0 aliphatic heterocycles. The molecule has 2 atom stereocenters. The van der Waals surface area contributed by atoms with Crippen LogP contribution in [0.1, 0.15) is 32.6 Å². The number of hydrogen-bond donors (Lipinski definition) is 6. The fraction of sp³-hybridized carbons (Fsp3) is 0.667. The third-order valence-corrected chi connectivity index (χ3v) is 4.33. The number of aliphatic carboxylic acids is 2. The number of rotatable bonds is 13. The van der Waals surface area contributed by atoms with Gasteiger partial charge in [-0.25, -0.2) is 5.06 Å². The minimum Gasteiger partial charge on any atom is -0.480 e. The summed E-state index contributed by atoms with van der Waals surface area (Å²) in [5.41, 5.74) is 5.30. The van der Waals surface area contributed by atoms with Crippen LogP contribution in [0.5, 0.6) is 0 Å². The maximum atomic E-state index is 12.1. The van der Waals surface area contributed by atoms with Crippen molar-refractivity contribution in [3.63, 3.8) is 0 Å². The summed E-state index contributed by atoms with van der Waals surface area (Å²) in [6.45, 7) is 1.30. The van der Waals surface area contributed by atoms with Gasteiger partial charge in [0.05, 0.1) is 0 Å². The Labute approximate surface area is 165 Å². The molecule has 0 spiro atoms. The molecule has 0 rings (SSSR count). The second kappa shape index (κ2) is 13.7. The summed E-state index contributed by atoms with van der Waals surface area (Å²) in [6, 6.07) is -2.51. The van der Waals surface area contributed by atoms with Gasteiger partial charge in [0, 0.05) is 18.7 Å². The SMILES string of the molecule is CCCCN(O)C(=O)SC[C@H](NC(=O)CC[C@H](N)C(=O)O)C(=O)NCC(=O)O. The van der Waals surface area contributed by atoms with Crippen molar-refractivity contribution in [1.82, 2.24) is 15.7 Å². The highest BCUT2D eigenvalue weighted by Gasteiger charge is 2.24. The molecule has 3 amide bonds. The molecule has 7 N–H and O–H groups in total. The van der Waals surface area contributed by atoms with Crippen molar-refractivity contribution in [3.8, 4) is 0 Å². The Morgan fingerprint density at radius 2 is 1.82 bits per heavy atom. The standard InChI is InChI=1S/C15H26N4O8S/c1-2-3-6-19(27)15(26)28-8-10(13(23)17-7-12(21)22)18-11(20)5-4-9(16)14(24)25/h9-10,27H,2-8,16H2,1H3,(H,17,23)(H,18,20)(H,21,22)(H,24,25)/t9-,10-/m0/s1. The van der Waals surface area contributed by atoms with Crippen molar-refractivity contribution in [2.75, 3.05) is 18.8 Å². The van der Waals surface area contributed by atoms with E-state index in [9.17, 15) is 29.2 Å². The molecule has 12 nitrogen and oxygen atoms in total. The Balaban J connectivity index is 4.79. The molecule has 0 aromatic carbocycles. The van der Waals surface area contributed by atoms with Gasteiger partial charge in [-0.1, -0.05) is 25.1 Å². The monoisotopic (exact) mass is 422 g/mol. The Kier molecular flexibility index (Phi) is 12.6. The molecule has 0 aliphatic carbocycles. The quantitative estimate of drug-likeness (QED) is 0.161. The first-order valence-corrected chi connectivity index (χ1v) is 9.47. The third kappa shape index (κ3) is 11.4. The predicted molar refractivity (Wildman–Crippen MR) is 98.7 cm³/mol. The van der Waals surface area contributed by atoms with Gasteiger partial charge >= 0.3 is 17.2 Å². The first-order valence-electron chi connectivity index (χ1n) is 8.48. The fourth-order valence-electron chi connectivity index (χ4n) is 1.77. The summed E-state index contributed by atoms with van der Waals surface area (Å²) in [7, 11) is 0. The number of amides is 3. The van der Waals surface area contributed by atoms with Gasteiger partial charge < -0.3 is 26.6 Å². The van der Waals surface area contributed by atoms with E-state index in [2.05, 4.69) is 10.6 Å². The normalized spacial score (nSPS) is 12.5. The van der Waals surface area contributed by atoms with Crippen LogP contribution in [0.25, 0.3) is 0 Å². The molecule has 0 fully saturated rings. The number of thioether (sulfide) groups is 1. The van der Waals surface area contributed by atoms with Crippen LogP contribution in [-0.4, -0.2) is 80.4 Å². The molecule has 0 saturated carbocycles. The highest BCUT2D eigenvalue weighted by Crippen LogP contribution is 2.10. The zero-order valence-electron chi connectivity index (χ0n) is 15.4. The lowest BCUT2D eigenvalue weighted by Gasteiger charge is -2.19. The maximum Gasteiger partial charge on any atom is 0.322 e. The van der Waals surface area contributed by atoms with Gasteiger partial charge in [0.15, 0.2) is 0 Å². The van der Waals surface area contributed by atoms with Gasteiger partial charge in [0.2, 0.25) is 11.8 Å². The van der Waals surface area contributed by atoms with Crippen molar-refractivity contribution in [3.05, 3.63) is 0 Å². The van der Waals surface area contributed by atoms with Crippen LogP contribution >= 0.6 is 11.8 Å². The third-order valence-electron chi connectivity index (χ3n) is 3.37. The van der Waals surface area contributed by atoms with Crippen molar-refractivity contribution in [2.45, 2.75) is 44.7 Å². The minimum absolute atomic E-state index is 0.109. The van der Waals surface area contributed by atoms with Gasteiger partial charge in [-0.2, -0.15) is 0 Å². The van der Waals surface area contributed by atoms with Crippen LogP contribution in [0.4, 0.5) is 4.79 Å². The molecule has 0 saturated heterocycles. The van der Waals surface area contributed by atoms with E-state index in [0.717, 1.165) is 6.42 Å². The molecule has 0 aromatic rings. The zero-order chi connectivity index (χ0) is 21.7. The first kappa shape index (κ1) is 25.6. The van der Waals surface area contributed by atoms with Crippen LogP contribution in [-0.2, 0) is 19.2 Å². The maximum absolute atomic E-state index is 12.1. The molecule has 0 heterocycles. The number of nitrogens with two attached hydrogens (primary N) is 1. The molecule has 0 aliphatic rings. The number of carboxylic acid groups (broad SMARTS) is 2. The summed E-state index contributed by atoms with van der Waals surface area (Å²) < 4.78 is 0. The number of hydrogen-bond acceptors (Lipinski definition) is 8. The number of hydroxylamine groups is 2. The topological polar surface area (TPSA) is 199 Å². The van der Waals surface area contributed by atoms with Crippen molar-refractivity contribution >= 4 is 40.8 Å². The molecule has 0 radical (unpaired) electrons. The minimum atomic E-state index is -1.30. The van der Waals surface area contributed by atoms with Crippen LogP contribution in [0.3, 0.4) is 0 Å². The second-order valence-corrected chi connectivity index (χ2v) is 6.74. The van der Waals surface area contributed by atoms with Crippen LogP contribution < -0.4 is 16.4 Å². The van der Waals surface area contributed by atoms with E-state index in [1.165, 1.54) is 0 Å². The number of carbonyl (C=O) groups is 5. The summed E-state index contributed by atoms with van der Waals surface area (Å²) >= 11 is 0.572. The van der Waals surface area contributed by atoms with Crippen LogP contribution in [0.15, 0.2) is 0 Å². The highest BCUT2D eigenvalue weighted by molar-refractivity contribution is 8.13. The molecule has 0 aromatic heterocycles. The van der Waals surface area contributed by atoms with Crippen molar-refractivity contribution in [1.29, 1.82) is 0 Å². The van der Waals surface area contributed by atoms with E-state index in [1.807, 2.05) is 6.92 Å². The zero-order valence-corrected chi connectivity index (χ0v) is 16.2. The Hall–Kier alpha value is -2.38. The van der Waals surface area contributed by atoms with Gasteiger partial charge in [0.1, 0.15) is 18.6 Å². The lowest BCUT2D eigenvalue weighted by atomic mass is 10.1. The Morgan fingerprint density at radius 3 is 2.36 bits per heavy atom. The summed E-state index contributed by atoms with van der Waals surface area (Å²) in [6.07, 6.45) is 0.880. The van der Waals surface area contributed by atoms with Crippen molar-refractivity contribution in [2.24, 2.45) is 5.73 Å². The van der Waals surface area contributed by atoms with Gasteiger partial charge in [-0.3, -0.25) is 29.2 Å². The molecule has 0 unspecified atom stereocenters. The fourth-order valence-corrected chi connectivity index (χ4v) is 2.56. The summed E-state index contributed by atoms with van der Waals surface area (Å²) in [4.78, 5) is 57.1. The highest BCUT2D eigenvalue weighted by atomic mass is 32.2. The number of carbonyl (C=O) groups excluding carboxylic acids is 3. The number of unbranched alkanes of at least 4 members (excludes halogenated alkanes) is 1. The van der Waals surface area contributed by atoms with Crippen LogP contribution in [0.2, 0.25) is 0 Å². The predicted octanol–water partition coefficient (Wildman–Crippen LogP) is -0.791. The lowest BCUT2D eigenvalue weighted by Crippen LogP contribution is -2.50. The molecule has 28 heavy (non-hydrogen) atoms. The van der Waals surface area contributed by atoms with E-state index < -0.39 is 47.6 Å². The van der Waals surface area contributed by atoms with E-state index in [1.54, 1.807) is 0 Å². The van der Waals surface area contributed by atoms with Crippen molar-refractivity contribution < 1.29 is 39.4 Å². The first-order chi connectivity index (χ1) is 13.1. The molecular formula is C15H26N4O8S. The average Bonchev–Trinajstić information content (AvgIpc) is 2.64. The number of nitrogens with zero attached hydrogens (tertiary/aromatic N) is 1.